The summed E-state index contributed by atoms with van der Waals surface area (Å²) >= 11 is 0. The first-order valence-corrected chi connectivity index (χ1v) is 13.2. The molecule has 198 valence electrons. The minimum Gasteiger partial charge on any atom is -0.478 e. The van der Waals surface area contributed by atoms with Crippen molar-refractivity contribution >= 4 is 34.4 Å². The average molecular weight is 523 g/mol. The molecular weight excluding hydrogens is 492 g/mol. The number of carbonyl (C=O) groups is 3. The lowest BCUT2D eigenvalue weighted by Crippen LogP contribution is -2.27. The quantitative estimate of drug-likeness (QED) is 0.204. The Bertz CT molecular complexity index is 1480. The fourth-order valence-electron chi connectivity index (χ4n) is 5.23. The van der Waals surface area contributed by atoms with Gasteiger partial charge in [-0.15, -0.1) is 0 Å². The van der Waals surface area contributed by atoms with E-state index in [0.29, 0.717) is 35.8 Å². The lowest BCUT2D eigenvalue weighted by molar-refractivity contribution is -0.116. The van der Waals surface area contributed by atoms with Gasteiger partial charge in [-0.05, 0) is 52.6 Å². The number of unbranched alkanes of at least 4 members (excludes halogenated alkanes) is 2. The van der Waals surface area contributed by atoms with Gasteiger partial charge in [0.2, 0.25) is 5.91 Å². The van der Waals surface area contributed by atoms with Gasteiger partial charge < -0.3 is 20.5 Å². The van der Waals surface area contributed by atoms with Crippen LogP contribution in [0, 0.1) is 0 Å². The fraction of sp³-hybridized carbons (Fsp3) is 0.219. The van der Waals surface area contributed by atoms with Gasteiger partial charge in [0.25, 0.3) is 0 Å². The van der Waals surface area contributed by atoms with Gasteiger partial charge in [-0.2, -0.15) is 0 Å². The highest BCUT2D eigenvalue weighted by atomic mass is 16.5. The van der Waals surface area contributed by atoms with E-state index in [1.807, 2.05) is 30.3 Å². The van der Waals surface area contributed by atoms with Crippen LogP contribution >= 0.6 is 0 Å². The largest absolute Gasteiger partial charge is 0.478 e. The van der Waals surface area contributed by atoms with Crippen molar-refractivity contribution in [3.63, 3.8) is 0 Å². The van der Waals surface area contributed by atoms with E-state index in [0.717, 1.165) is 12.8 Å². The highest BCUT2D eigenvalue weighted by Crippen LogP contribution is 2.44. The number of hydrogen-bond donors (Lipinski definition) is 3. The van der Waals surface area contributed by atoms with E-state index < -0.39 is 12.1 Å². The number of rotatable bonds is 10. The Morgan fingerprint density at radius 3 is 2.08 bits per heavy atom. The molecule has 1 aliphatic carbocycles. The molecule has 0 aliphatic heterocycles. The van der Waals surface area contributed by atoms with Crippen LogP contribution in [0.1, 0.15) is 53.1 Å². The highest BCUT2D eigenvalue weighted by molar-refractivity contribution is 6.10. The van der Waals surface area contributed by atoms with Gasteiger partial charge in [0, 0.05) is 30.0 Å². The molecule has 0 saturated heterocycles. The van der Waals surface area contributed by atoms with Crippen LogP contribution in [0.3, 0.4) is 0 Å². The number of carboxylic acids is 1. The first kappa shape index (κ1) is 26.0. The van der Waals surface area contributed by atoms with E-state index in [2.05, 4.69) is 34.9 Å². The van der Waals surface area contributed by atoms with E-state index in [4.69, 9.17) is 4.74 Å². The first-order valence-electron chi connectivity index (χ1n) is 13.2. The summed E-state index contributed by atoms with van der Waals surface area (Å²) in [6.07, 6.45) is 2.07. The van der Waals surface area contributed by atoms with E-state index >= 15 is 0 Å². The minimum absolute atomic E-state index is 0.0270. The van der Waals surface area contributed by atoms with Crippen LogP contribution in [0.4, 0.5) is 10.5 Å². The van der Waals surface area contributed by atoms with Gasteiger partial charge in [-0.25, -0.2) is 9.59 Å². The third kappa shape index (κ3) is 5.77. The Hall–Kier alpha value is -4.65. The topological polar surface area (TPSA) is 105 Å². The van der Waals surface area contributed by atoms with Crippen LogP contribution in [0.25, 0.3) is 21.9 Å². The van der Waals surface area contributed by atoms with Crippen molar-refractivity contribution in [3.05, 3.63) is 102 Å². The van der Waals surface area contributed by atoms with Crippen molar-refractivity contribution in [2.24, 2.45) is 0 Å². The highest BCUT2D eigenvalue weighted by Gasteiger charge is 2.28. The van der Waals surface area contributed by atoms with Crippen LogP contribution in [-0.2, 0) is 9.53 Å². The van der Waals surface area contributed by atoms with Crippen LogP contribution in [-0.4, -0.2) is 36.2 Å². The first-order chi connectivity index (χ1) is 19.0. The maximum Gasteiger partial charge on any atom is 0.407 e. The van der Waals surface area contributed by atoms with Gasteiger partial charge in [-0.1, -0.05) is 79.2 Å². The molecule has 0 atom stereocenters. The lowest BCUT2D eigenvalue weighted by atomic mass is 9.98. The van der Waals surface area contributed by atoms with Gasteiger partial charge in [0.1, 0.15) is 6.61 Å². The summed E-state index contributed by atoms with van der Waals surface area (Å²) in [5.74, 6) is -1.11. The van der Waals surface area contributed by atoms with Gasteiger partial charge in [0.05, 0.1) is 5.56 Å². The molecule has 5 rings (SSSR count). The summed E-state index contributed by atoms with van der Waals surface area (Å²) < 4.78 is 5.56. The fourth-order valence-corrected chi connectivity index (χ4v) is 5.23. The van der Waals surface area contributed by atoms with Crippen LogP contribution in [0.15, 0.2) is 84.9 Å². The zero-order chi connectivity index (χ0) is 27.2. The van der Waals surface area contributed by atoms with E-state index in [-0.39, 0.29) is 24.0 Å². The van der Waals surface area contributed by atoms with Gasteiger partial charge in [-0.3, -0.25) is 4.79 Å². The van der Waals surface area contributed by atoms with Crippen LogP contribution in [0.5, 0.6) is 0 Å². The Labute approximate surface area is 226 Å². The van der Waals surface area contributed by atoms with Gasteiger partial charge in [0.15, 0.2) is 0 Å². The molecule has 0 aromatic heterocycles. The van der Waals surface area contributed by atoms with E-state index in [1.54, 1.807) is 24.3 Å². The molecular formula is C32H30N2O5. The van der Waals surface area contributed by atoms with Crippen LogP contribution < -0.4 is 10.6 Å². The Balaban J connectivity index is 1.03. The molecule has 0 unspecified atom stereocenters. The third-order valence-corrected chi connectivity index (χ3v) is 7.12. The number of alkyl carbamates (subject to hydrolysis) is 1. The number of aromatic carboxylic acids is 1. The zero-order valence-electron chi connectivity index (χ0n) is 21.5. The summed E-state index contributed by atoms with van der Waals surface area (Å²) in [5, 5.41) is 16.4. The van der Waals surface area contributed by atoms with Crippen molar-refractivity contribution in [2.45, 2.75) is 31.6 Å². The number of amides is 2. The van der Waals surface area contributed by atoms with E-state index in [9.17, 15) is 19.5 Å². The third-order valence-electron chi connectivity index (χ3n) is 7.12. The minimum atomic E-state index is -1.00. The number of carboxylic acid groups (broad SMARTS) is 1. The summed E-state index contributed by atoms with van der Waals surface area (Å²) in [4.78, 5) is 36.3. The second-order valence-corrected chi connectivity index (χ2v) is 9.62. The summed E-state index contributed by atoms with van der Waals surface area (Å²) in [5.41, 5.74) is 5.53. The number of fused-ring (bicyclic) bond motifs is 4. The molecule has 4 aromatic carbocycles. The van der Waals surface area contributed by atoms with Gasteiger partial charge >= 0.3 is 12.1 Å². The SMILES string of the molecule is O=C(CCCCCNC(=O)OCC1c2ccccc2-c2ccccc21)Nc1ccc(C(=O)O)c2ccccc12. The smallest absolute Gasteiger partial charge is 0.407 e. The summed E-state index contributed by atoms with van der Waals surface area (Å²) in [6.45, 7) is 0.752. The molecule has 3 N–H and O–H groups in total. The van der Waals surface area contributed by atoms with Crippen molar-refractivity contribution < 1.29 is 24.2 Å². The Morgan fingerprint density at radius 1 is 0.744 bits per heavy atom. The molecule has 2 amide bonds. The van der Waals surface area contributed by atoms with E-state index in [1.165, 1.54) is 28.3 Å². The summed E-state index contributed by atoms with van der Waals surface area (Å²) in [7, 11) is 0. The lowest BCUT2D eigenvalue weighted by Gasteiger charge is -2.14. The zero-order valence-corrected chi connectivity index (χ0v) is 21.5. The molecule has 4 aromatic rings. The monoisotopic (exact) mass is 522 g/mol. The van der Waals surface area contributed by atoms with Crippen molar-refractivity contribution in [3.8, 4) is 11.1 Å². The number of carbonyl (C=O) groups excluding carboxylic acids is 2. The Morgan fingerprint density at radius 2 is 1.38 bits per heavy atom. The number of hydrogen-bond acceptors (Lipinski definition) is 4. The number of benzene rings is 4. The second-order valence-electron chi connectivity index (χ2n) is 9.62. The standard InChI is InChI=1S/C32H30N2O5/c35-30(34-29-18-17-27(31(36)37)25-14-7-8-15-26(25)29)16-2-1-9-19-33-32(38)39-20-28-23-12-5-3-10-21(23)22-11-4-6-13-24(22)28/h3-8,10-15,17-18,28H,1-2,9,16,19-20H2,(H,33,38)(H,34,35)(H,36,37). The molecule has 0 heterocycles. The maximum absolute atomic E-state index is 12.5. The predicted molar refractivity (Wildman–Crippen MR) is 151 cm³/mol. The molecule has 39 heavy (non-hydrogen) atoms. The molecule has 1 aliphatic rings. The normalized spacial score (nSPS) is 12.0. The van der Waals surface area contributed by atoms with Crippen molar-refractivity contribution in [1.82, 2.24) is 5.32 Å². The van der Waals surface area contributed by atoms with Crippen LogP contribution in [0.2, 0.25) is 0 Å². The predicted octanol–water partition coefficient (Wildman–Crippen LogP) is 6.58. The Kier molecular flexibility index (Phi) is 7.87. The molecule has 7 heteroatoms. The summed E-state index contributed by atoms with van der Waals surface area (Å²) in [6, 6.07) is 26.7. The maximum atomic E-state index is 12.5. The molecule has 0 saturated carbocycles. The van der Waals surface area contributed by atoms with Crippen molar-refractivity contribution in [2.75, 3.05) is 18.5 Å². The molecule has 0 radical (unpaired) electrons. The molecule has 0 spiro atoms. The molecule has 0 bridgehead atoms. The number of nitrogens with one attached hydrogen (secondary N) is 2. The number of ether oxygens (including phenoxy) is 1. The number of anilines is 1. The second kappa shape index (κ2) is 11.8. The average Bonchev–Trinajstić information content (AvgIpc) is 3.27. The molecule has 0 fully saturated rings. The molecule has 7 nitrogen and oxygen atoms in total. The van der Waals surface area contributed by atoms with Crippen molar-refractivity contribution in [1.29, 1.82) is 0 Å².